The highest BCUT2D eigenvalue weighted by Crippen LogP contribution is 2.29. The summed E-state index contributed by atoms with van der Waals surface area (Å²) in [5, 5.41) is 10.7. The van der Waals surface area contributed by atoms with Crippen LogP contribution in [-0.4, -0.2) is 29.5 Å². The number of nitro groups is 1. The number of hydrogen-bond donors (Lipinski definition) is 1. The van der Waals surface area contributed by atoms with Crippen LogP contribution < -0.4 is 10.6 Å². The molecule has 1 heterocycles. The molecule has 112 valence electrons. The first kappa shape index (κ1) is 16.8. The molecule has 1 aromatic heterocycles. The van der Waals surface area contributed by atoms with Crippen LogP contribution in [0.1, 0.15) is 27.2 Å². The van der Waals surface area contributed by atoms with Crippen LogP contribution in [-0.2, 0) is 0 Å². The summed E-state index contributed by atoms with van der Waals surface area (Å²) in [5.74, 6) is 0.721. The summed E-state index contributed by atoms with van der Waals surface area (Å²) >= 11 is 3.38. The minimum atomic E-state index is -0.449. The maximum absolute atomic E-state index is 10.7. The molecule has 0 aromatic carbocycles. The normalized spacial score (nSPS) is 11.4. The summed E-state index contributed by atoms with van der Waals surface area (Å²) in [4.78, 5) is 16.6. The minimum Gasteiger partial charge on any atom is -0.355 e. The van der Waals surface area contributed by atoms with Crippen molar-refractivity contribution in [3.8, 4) is 0 Å². The van der Waals surface area contributed by atoms with E-state index in [0.717, 1.165) is 25.3 Å². The molecule has 0 radical (unpaired) electrons. The van der Waals surface area contributed by atoms with E-state index in [4.69, 9.17) is 5.73 Å². The lowest BCUT2D eigenvalue weighted by Gasteiger charge is -2.33. The van der Waals surface area contributed by atoms with Gasteiger partial charge >= 0.3 is 0 Å². The highest BCUT2D eigenvalue weighted by molar-refractivity contribution is 9.10. The molecule has 0 spiro atoms. The minimum absolute atomic E-state index is 0.0184. The van der Waals surface area contributed by atoms with E-state index in [1.54, 1.807) is 0 Å². The van der Waals surface area contributed by atoms with Gasteiger partial charge in [-0.3, -0.25) is 10.1 Å². The molecule has 2 N–H and O–H groups in total. The van der Waals surface area contributed by atoms with E-state index in [2.05, 4.69) is 46.6 Å². The fraction of sp³-hybridized carbons (Fsp3) is 0.615. The van der Waals surface area contributed by atoms with Crippen molar-refractivity contribution in [2.45, 2.75) is 27.2 Å². The molecule has 20 heavy (non-hydrogen) atoms. The van der Waals surface area contributed by atoms with Crippen molar-refractivity contribution in [1.29, 1.82) is 0 Å². The van der Waals surface area contributed by atoms with Gasteiger partial charge in [-0.15, -0.1) is 0 Å². The molecule has 0 amide bonds. The molecule has 0 saturated carbocycles. The summed E-state index contributed by atoms with van der Waals surface area (Å²) < 4.78 is 0.632. The van der Waals surface area contributed by atoms with E-state index >= 15 is 0 Å². The summed E-state index contributed by atoms with van der Waals surface area (Å²) in [7, 11) is 0. The van der Waals surface area contributed by atoms with Crippen LogP contribution in [0.4, 0.5) is 11.5 Å². The maximum atomic E-state index is 10.7. The van der Waals surface area contributed by atoms with Crippen LogP contribution in [0.25, 0.3) is 0 Å². The van der Waals surface area contributed by atoms with E-state index in [0.29, 0.717) is 11.0 Å². The van der Waals surface area contributed by atoms with Crippen LogP contribution in [0.2, 0.25) is 0 Å². The second-order valence-corrected chi connectivity index (χ2v) is 6.40. The van der Waals surface area contributed by atoms with Crippen molar-refractivity contribution < 1.29 is 4.92 Å². The summed E-state index contributed by atoms with van der Waals surface area (Å²) in [5.41, 5.74) is 5.72. The van der Waals surface area contributed by atoms with Crippen LogP contribution >= 0.6 is 15.9 Å². The molecule has 1 aromatic rings. The van der Waals surface area contributed by atoms with Gasteiger partial charge < -0.3 is 10.6 Å². The second-order valence-electron chi connectivity index (χ2n) is 5.55. The highest BCUT2D eigenvalue weighted by Gasteiger charge is 2.23. The third kappa shape index (κ3) is 4.42. The number of aromatic nitrogens is 1. The van der Waals surface area contributed by atoms with E-state index in [9.17, 15) is 10.1 Å². The first-order valence-corrected chi connectivity index (χ1v) is 7.35. The first-order valence-electron chi connectivity index (χ1n) is 6.55. The molecule has 0 unspecified atom stereocenters. The monoisotopic (exact) mass is 344 g/mol. The van der Waals surface area contributed by atoms with Gasteiger partial charge in [0.05, 0.1) is 9.40 Å². The molecule has 7 heteroatoms. The van der Waals surface area contributed by atoms with E-state index < -0.39 is 4.92 Å². The average Bonchev–Trinajstić information content (AvgIpc) is 2.38. The average molecular weight is 345 g/mol. The quantitative estimate of drug-likeness (QED) is 0.607. The van der Waals surface area contributed by atoms with Crippen LogP contribution in [0, 0.1) is 15.5 Å². The molecule has 0 atom stereocenters. The van der Waals surface area contributed by atoms with Crippen molar-refractivity contribution in [3.05, 3.63) is 26.9 Å². The fourth-order valence-electron chi connectivity index (χ4n) is 1.86. The zero-order valence-corrected chi connectivity index (χ0v) is 13.7. The highest BCUT2D eigenvalue weighted by atomic mass is 79.9. The Bertz CT molecular complexity index is 479. The summed E-state index contributed by atoms with van der Waals surface area (Å²) in [6.45, 7) is 8.41. The van der Waals surface area contributed by atoms with Crippen molar-refractivity contribution in [3.63, 3.8) is 0 Å². The van der Waals surface area contributed by atoms with Crippen molar-refractivity contribution in [2.24, 2.45) is 11.1 Å². The largest absolute Gasteiger partial charge is 0.355 e. The van der Waals surface area contributed by atoms with Gasteiger partial charge in [-0.1, -0.05) is 20.8 Å². The Kier molecular flexibility index (Phi) is 5.88. The molecule has 0 aliphatic rings. The van der Waals surface area contributed by atoms with Gasteiger partial charge in [-0.05, 0) is 34.3 Å². The molecule has 0 aliphatic heterocycles. The number of halogens is 1. The Morgan fingerprint density at radius 2 is 2.20 bits per heavy atom. The smallest absolute Gasteiger partial charge is 0.288 e. The van der Waals surface area contributed by atoms with Crippen molar-refractivity contribution in [2.75, 3.05) is 24.5 Å². The SMILES string of the molecule is CCCN(CC(C)(C)CN)c1ncc([N+](=O)[O-])cc1Br. The van der Waals surface area contributed by atoms with E-state index in [1.165, 1.54) is 12.3 Å². The topological polar surface area (TPSA) is 85.3 Å². The Hall–Kier alpha value is -1.21. The van der Waals surface area contributed by atoms with Gasteiger partial charge in [-0.2, -0.15) is 0 Å². The van der Waals surface area contributed by atoms with E-state index in [1.807, 2.05) is 0 Å². The van der Waals surface area contributed by atoms with Gasteiger partial charge in [0, 0.05) is 19.2 Å². The number of hydrogen-bond acceptors (Lipinski definition) is 5. The molecule has 0 bridgehead atoms. The number of nitrogens with two attached hydrogens (primary N) is 1. The van der Waals surface area contributed by atoms with Crippen molar-refractivity contribution >= 4 is 27.4 Å². The van der Waals surface area contributed by atoms with Crippen LogP contribution in [0.15, 0.2) is 16.7 Å². The van der Waals surface area contributed by atoms with Crippen LogP contribution in [0.5, 0.6) is 0 Å². The van der Waals surface area contributed by atoms with Gasteiger partial charge in [0.2, 0.25) is 0 Å². The predicted octanol–water partition coefficient (Wildman–Crippen LogP) is 2.95. The predicted molar refractivity (Wildman–Crippen MR) is 83.9 cm³/mol. The third-order valence-electron chi connectivity index (χ3n) is 2.98. The molecule has 0 fully saturated rings. The Labute approximate surface area is 127 Å². The molecular formula is C13H21BrN4O2. The van der Waals surface area contributed by atoms with Gasteiger partial charge in [0.15, 0.2) is 0 Å². The third-order valence-corrected chi connectivity index (χ3v) is 3.57. The number of nitrogens with zero attached hydrogens (tertiary/aromatic N) is 3. The summed E-state index contributed by atoms with van der Waals surface area (Å²) in [6.07, 6.45) is 2.25. The van der Waals surface area contributed by atoms with E-state index in [-0.39, 0.29) is 11.1 Å². The Balaban J connectivity index is 3.06. The lowest BCUT2D eigenvalue weighted by atomic mass is 9.93. The molecule has 0 saturated heterocycles. The maximum Gasteiger partial charge on any atom is 0.288 e. The zero-order valence-electron chi connectivity index (χ0n) is 12.1. The summed E-state index contributed by atoms with van der Waals surface area (Å²) in [6, 6.07) is 1.49. The number of anilines is 1. The number of rotatable bonds is 7. The second kappa shape index (κ2) is 6.99. The lowest BCUT2D eigenvalue weighted by molar-refractivity contribution is -0.385. The molecule has 1 rings (SSSR count). The molecule has 6 nitrogen and oxygen atoms in total. The molecule has 0 aliphatic carbocycles. The lowest BCUT2D eigenvalue weighted by Crippen LogP contribution is -2.39. The van der Waals surface area contributed by atoms with Crippen LogP contribution in [0.3, 0.4) is 0 Å². The standard InChI is InChI=1S/C13H21BrN4O2/c1-4-5-17(9-13(2,3)8-15)12-11(14)6-10(7-16-12)18(19)20/h6-7H,4-5,8-9,15H2,1-3H3. The zero-order chi connectivity index (χ0) is 15.3. The fourth-order valence-corrected chi connectivity index (χ4v) is 2.45. The van der Waals surface area contributed by atoms with Crippen molar-refractivity contribution in [1.82, 2.24) is 4.98 Å². The van der Waals surface area contributed by atoms with Gasteiger partial charge in [-0.25, -0.2) is 4.98 Å². The Morgan fingerprint density at radius 3 is 2.65 bits per heavy atom. The Morgan fingerprint density at radius 1 is 1.55 bits per heavy atom. The molecular weight excluding hydrogens is 324 g/mol. The number of pyridine rings is 1. The first-order chi connectivity index (χ1) is 9.30. The van der Waals surface area contributed by atoms with Gasteiger partial charge in [0.1, 0.15) is 12.0 Å². The van der Waals surface area contributed by atoms with Gasteiger partial charge in [0.25, 0.3) is 5.69 Å².